The zero-order valence-corrected chi connectivity index (χ0v) is 11.5. The highest BCUT2D eigenvalue weighted by molar-refractivity contribution is 6.30. The molecule has 0 aliphatic heterocycles. The third-order valence-electron chi connectivity index (χ3n) is 2.42. The Bertz CT molecular complexity index is 397. The van der Waals surface area contributed by atoms with Crippen molar-refractivity contribution in [3.8, 4) is 5.75 Å². The third-order valence-corrected chi connectivity index (χ3v) is 2.65. The van der Waals surface area contributed by atoms with Crippen molar-refractivity contribution < 1.29 is 9.53 Å². The van der Waals surface area contributed by atoms with Gasteiger partial charge in [-0.3, -0.25) is 4.79 Å². The summed E-state index contributed by atoms with van der Waals surface area (Å²) < 4.78 is 5.22. The highest BCUT2D eigenvalue weighted by atomic mass is 35.5. The molecule has 1 aromatic carbocycles. The van der Waals surface area contributed by atoms with Crippen LogP contribution < -0.4 is 15.4 Å². The Kier molecular flexibility index (Phi) is 6.54. The van der Waals surface area contributed by atoms with E-state index in [4.69, 9.17) is 16.3 Å². The van der Waals surface area contributed by atoms with E-state index in [1.54, 1.807) is 13.2 Å². The van der Waals surface area contributed by atoms with Crippen LogP contribution in [0, 0.1) is 0 Å². The molecule has 2 N–H and O–H groups in total. The molecule has 0 saturated carbocycles. The van der Waals surface area contributed by atoms with Crippen LogP contribution in [0.2, 0.25) is 5.02 Å². The van der Waals surface area contributed by atoms with Gasteiger partial charge in [0, 0.05) is 23.7 Å². The van der Waals surface area contributed by atoms with E-state index in [0.29, 0.717) is 18.1 Å². The fraction of sp³-hybridized carbons (Fsp3) is 0.462. The number of methoxy groups -OCH3 is 1. The summed E-state index contributed by atoms with van der Waals surface area (Å²) >= 11 is 5.92. The average Bonchev–Trinajstić information content (AvgIpc) is 2.36. The molecular weight excluding hydrogens is 252 g/mol. The molecule has 1 rings (SSSR count). The van der Waals surface area contributed by atoms with Crippen molar-refractivity contribution in [1.29, 1.82) is 0 Å². The van der Waals surface area contributed by atoms with Crippen LogP contribution in [0.5, 0.6) is 5.75 Å². The van der Waals surface area contributed by atoms with Gasteiger partial charge in [0.25, 0.3) is 0 Å². The van der Waals surface area contributed by atoms with E-state index in [1.807, 2.05) is 19.1 Å². The first-order valence-electron chi connectivity index (χ1n) is 5.97. The zero-order valence-electron chi connectivity index (χ0n) is 10.8. The number of carbonyl (C=O) groups excluding carboxylic acids is 1. The standard InChI is InChI=1S/C13H19ClN2O2/c1-3-6-16-13(17)9-15-8-10-7-11(14)4-5-12(10)18-2/h4-5,7,15H,3,6,8-9H2,1-2H3,(H,16,17). The lowest BCUT2D eigenvalue weighted by Crippen LogP contribution is -2.34. The number of ether oxygens (including phenoxy) is 1. The summed E-state index contributed by atoms with van der Waals surface area (Å²) in [5.41, 5.74) is 0.938. The molecule has 0 radical (unpaired) electrons. The lowest BCUT2D eigenvalue weighted by atomic mass is 10.2. The molecule has 0 aliphatic rings. The van der Waals surface area contributed by atoms with Gasteiger partial charge >= 0.3 is 0 Å². The number of carbonyl (C=O) groups is 1. The lowest BCUT2D eigenvalue weighted by molar-refractivity contribution is -0.120. The van der Waals surface area contributed by atoms with Crippen molar-refractivity contribution in [2.45, 2.75) is 19.9 Å². The fourth-order valence-corrected chi connectivity index (χ4v) is 1.72. The summed E-state index contributed by atoms with van der Waals surface area (Å²) in [4.78, 5) is 11.4. The maximum Gasteiger partial charge on any atom is 0.233 e. The van der Waals surface area contributed by atoms with Gasteiger partial charge in [0.1, 0.15) is 5.75 Å². The van der Waals surface area contributed by atoms with Crippen LogP contribution in [0.1, 0.15) is 18.9 Å². The Balaban J connectivity index is 2.43. The molecule has 5 heteroatoms. The predicted octanol–water partition coefficient (Wildman–Crippen LogP) is 1.96. The van der Waals surface area contributed by atoms with Gasteiger partial charge in [-0.15, -0.1) is 0 Å². The van der Waals surface area contributed by atoms with Crippen LogP contribution >= 0.6 is 11.6 Å². The van der Waals surface area contributed by atoms with Crippen LogP contribution in [0.15, 0.2) is 18.2 Å². The minimum Gasteiger partial charge on any atom is -0.496 e. The smallest absolute Gasteiger partial charge is 0.233 e. The molecule has 100 valence electrons. The fourth-order valence-electron chi connectivity index (χ4n) is 1.52. The summed E-state index contributed by atoms with van der Waals surface area (Å²) in [5.74, 6) is 0.763. The average molecular weight is 271 g/mol. The summed E-state index contributed by atoms with van der Waals surface area (Å²) in [5, 5.41) is 6.52. The molecule has 0 aromatic heterocycles. The van der Waals surface area contributed by atoms with Crippen LogP contribution in [-0.2, 0) is 11.3 Å². The number of halogens is 1. The van der Waals surface area contributed by atoms with E-state index in [0.717, 1.165) is 17.7 Å². The van der Waals surface area contributed by atoms with Crippen molar-refractivity contribution in [1.82, 2.24) is 10.6 Å². The Hall–Kier alpha value is -1.26. The van der Waals surface area contributed by atoms with Crippen LogP contribution in [-0.4, -0.2) is 26.1 Å². The molecule has 0 unspecified atom stereocenters. The Morgan fingerprint density at radius 2 is 2.22 bits per heavy atom. The Morgan fingerprint density at radius 1 is 1.44 bits per heavy atom. The van der Waals surface area contributed by atoms with E-state index in [9.17, 15) is 4.79 Å². The molecule has 0 atom stereocenters. The maximum atomic E-state index is 11.4. The van der Waals surface area contributed by atoms with E-state index in [1.165, 1.54) is 0 Å². The Labute approximate surface area is 113 Å². The number of hydrogen-bond acceptors (Lipinski definition) is 3. The van der Waals surface area contributed by atoms with Gasteiger partial charge in [0.15, 0.2) is 0 Å². The van der Waals surface area contributed by atoms with Gasteiger partial charge in [-0.2, -0.15) is 0 Å². The first-order chi connectivity index (χ1) is 8.67. The minimum absolute atomic E-state index is 0.00200. The zero-order chi connectivity index (χ0) is 13.4. The molecule has 18 heavy (non-hydrogen) atoms. The number of rotatable bonds is 7. The SMILES string of the molecule is CCCNC(=O)CNCc1cc(Cl)ccc1OC. The largest absolute Gasteiger partial charge is 0.496 e. The molecule has 1 amide bonds. The summed E-state index contributed by atoms with van der Waals surface area (Å²) in [7, 11) is 1.61. The van der Waals surface area contributed by atoms with Crippen molar-refractivity contribution >= 4 is 17.5 Å². The van der Waals surface area contributed by atoms with Crippen molar-refractivity contribution in [3.05, 3.63) is 28.8 Å². The van der Waals surface area contributed by atoms with Gasteiger partial charge in [-0.25, -0.2) is 0 Å². The van der Waals surface area contributed by atoms with E-state index < -0.39 is 0 Å². The van der Waals surface area contributed by atoms with Gasteiger partial charge in [0.05, 0.1) is 13.7 Å². The van der Waals surface area contributed by atoms with Gasteiger partial charge in [-0.1, -0.05) is 18.5 Å². The summed E-state index contributed by atoms with van der Waals surface area (Å²) in [6, 6.07) is 5.42. The molecule has 4 nitrogen and oxygen atoms in total. The minimum atomic E-state index is -0.00200. The van der Waals surface area contributed by atoms with Crippen molar-refractivity contribution in [2.24, 2.45) is 0 Å². The van der Waals surface area contributed by atoms with Gasteiger partial charge in [0.2, 0.25) is 5.91 Å². The molecule has 0 bridgehead atoms. The molecule has 0 aliphatic carbocycles. The highest BCUT2D eigenvalue weighted by Gasteiger charge is 2.05. The number of hydrogen-bond donors (Lipinski definition) is 2. The topological polar surface area (TPSA) is 50.4 Å². The Morgan fingerprint density at radius 3 is 2.89 bits per heavy atom. The second kappa shape index (κ2) is 7.95. The number of benzene rings is 1. The second-order valence-electron chi connectivity index (χ2n) is 3.91. The molecule has 1 aromatic rings. The quantitative estimate of drug-likeness (QED) is 0.796. The summed E-state index contributed by atoms with van der Waals surface area (Å²) in [6.07, 6.45) is 0.938. The number of nitrogens with one attached hydrogen (secondary N) is 2. The van der Waals surface area contributed by atoms with Crippen LogP contribution in [0.3, 0.4) is 0 Å². The number of amides is 1. The summed E-state index contributed by atoms with van der Waals surface area (Å²) in [6.45, 7) is 3.56. The highest BCUT2D eigenvalue weighted by Crippen LogP contribution is 2.22. The lowest BCUT2D eigenvalue weighted by Gasteiger charge is -2.10. The normalized spacial score (nSPS) is 10.2. The molecule has 0 heterocycles. The molecule has 0 fully saturated rings. The van der Waals surface area contributed by atoms with Crippen molar-refractivity contribution in [2.75, 3.05) is 20.2 Å². The molecule has 0 spiro atoms. The maximum absolute atomic E-state index is 11.4. The third kappa shape index (κ3) is 4.94. The van der Waals surface area contributed by atoms with Crippen LogP contribution in [0.25, 0.3) is 0 Å². The predicted molar refractivity (Wildman–Crippen MR) is 73.0 cm³/mol. The van der Waals surface area contributed by atoms with E-state index in [2.05, 4.69) is 10.6 Å². The van der Waals surface area contributed by atoms with Crippen molar-refractivity contribution in [3.63, 3.8) is 0 Å². The van der Waals surface area contributed by atoms with Gasteiger partial charge in [-0.05, 0) is 24.6 Å². The van der Waals surface area contributed by atoms with E-state index in [-0.39, 0.29) is 12.5 Å². The monoisotopic (exact) mass is 270 g/mol. The molecular formula is C13H19ClN2O2. The van der Waals surface area contributed by atoms with Gasteiger partial charge < -0.3 is 15.4 Å². The van der Waals surface area contributed by atoms with E-state index >= 15 is 0 Å². The first kappa shape index (κ1) is 14.8. The van der Waals surface area contributed by atoms with Crippen LogP contribution in [0.4, 0.5) is 0 Å². The first-order valence-corrected chi connectivity index (χ1v) is 6.35. The second-order valence-corrected chi connectivity index (χ2v) is 4.35. The molecule has 0 saturated heterocycles.